The Morgan fingerprint density at radius 1 is 1.54 bits per heavy atom. The highest BCUT2D eigenvalue weighted by atomic mass is 16.4. The van der Waals surface area contributed by atoms with Gasteiger partial charge >= 0.3 is 5.97 Å². The van der Waals surface area contributed by atoms with Crippen LogP contribution < -0.4 is 5.32 Å². The summed E-state index contributed by atoms with van der Waals surface area (Å²) in [5, 5.41) is 19.8. The minimum absolute atomic E-state index is 0.0786. The molecule has 0 aromatic rings. The first-order valence-corrected chi connectivity index (χ1v) is 4.60. The molecular formula is C9H14N2O2. The molecule has 0 aliphatic heterocycles. The van der Waals surface area contributed by atoms with E-state index < -0.39 is 5.97 Å². The van der Waals surface area contributed by atoms with E-state index in [0.29, 0.717) is 0 Å². The molecule has 13 heavy (non-hydrogen) atoms. The summed E-state index contributed by atoms with van der Waals surface area (Å²) in [5.41, 5.74) is 0. The number of hydrogen-bond acceptors (Lipinski definition) is 3. The van der Waals surface area contributed by atoms with Gasteiger partial charge < -0.3 is 10.4 Å². The molecule has 1 saturated carbocycles. The van der Waals surface area contributed by atoms with Crippen molar-refractivity contribution < 1.29 is 9.90 Å². The lowest BCUT2D eigenvalue weighted by atomic mass is 9.82. The number of carboxylic acids is 1. The number of aliphatic carboxylic acids is 1. The van der Waals surface area contributed by atoms with E-state index in [9.17, 15) is 4.79 Å². The van der Waals surface area contributed by atoms with E-state index in [1.54, 1.807) is 0 Å². The molecule has 0 heterocycles. The Kier molecular flexibility index (Phi) is 3.56. The van der Waals surface area contributed by atoms with Gasteiger partial charge in [0, 0.05) is 6.04 Å². The Balaban J connectivity index is 2.47. The van der Waals surface area contributed by atoms with Crippen LogP contribution in [0.1, 0.15) is 32.1 Å². The number of hydrogen-bond donors (Lipinski definition) is 2. The average molecular weight is 182 g/mol. The number of carboxylic acid groups (broad SMARTS) is 1. The SMILES string of the molecule is N#CNC1CCCCC1CC(=O)O. The predicted octanol–water partition coefficient (Wildman–Crippen LogP) is 1.09. The van der Waals surface area contributed by atoms with Crippen molar-refractivity contribution in [3.63, 3.8) is 0 Å². The van der Waals surface area contributed by atoms with Crippen LogP contribution in [-0.2, 0) is 4.79 Å². The van der Waals surface area contributed by atoms with E-state index in [1.807, 2.05) is 6.19 Å². The van der Waals surface area contributed by atoms with Crippen LogP contribution in [0.3, 0.4) is 0 Å². The molecule has 2 N–H and O–H groups in total. The average Bonchev–Trinajstić information content (AvgIpc) is 2.08. The molecule has 1 aliphatic rings. The lowest BCUT2D eigenvalue weighted by molar-refractivity contribution is -0.138. The van der Waals surface area contributed by atoms with Crippen LogP contribution in [0.5, 0.6) is 0 Å². The Labute approximate surface area is 77.6 Å². The third-order valence-corrected chi connectivity index (χ3v) is 2.60. The summed E-state index contributed by atoms with van der Waals surface area (Å²) in [6, 6.07) is 0.0786. The first-order chi connectivity index (χ1) is 6.24. The summed E-state index contributed by atoms with van der Waals surface area (Å²) < 4.78 is 0. The largest absolute Gasteiger partial charge is 0.481 e. The summed E-state index contributed by atoms with van der Waals surface area (Å²) in [4.78, 5) is 10.5. The maximum Gasteiger partial charge on any atom is 0.303 e. The fourth-order valence-corrected chi connectivity index (χ4v) is 1.95. The number of nitrogens with zero attached hydrogens (tertiary/aromatic N) is 1. The van der Waals surface area contributed by atoms with Gasteiger partial charge in [0.05, 0.1) is 6.42 Å². The number of nitrogens with one attached hydrogen (secondary N) is 1. The van der Waals surface area contributed by atoms with Crippen LogP contribution in [0, 0.1) is 17.4 Å². The minimum atomic E-state index is -0.767. The summed E-state index contributed by atoms with van der Waals surface area (Å²) in [5.74, 6) is -0.637. The summed E-state index contributed by atoms with van der Waals surface area (Å²) in [6.45, 7) is 0. The normalized spacial score (nSPS) is 27.6. The Hall–Kier alpha value is -1.24. The highest BCUT2D eigenvalue weighted by Crippen LogP contribution is 2.26. The van der Waals surface area contributed by atoms with E-state index in [-0.39, 0.29) is 18.4 Å². The van der Waals surface area contributed by atoms with Crippen molar-refractivity contribution in [3.05, 3.63) is 0 Å². The van der Waals surface area contributed by atoms with Crippen LogP contribution in [0.15, 0.2) is 0 Å². The van der Waals surface area contributed by atoms with Gasteiger partial charge in [-0.05, 0) is 18.8 Å². The highest BCUT2D eigenvalue weighted by molar-refractivity contribution is 5.67. The van der Waals surface area contributed by atoms with E-state index in [0.717, 1.165) is 25.7 Å². The first-order valence-electron chi connectivity index (χ1n) is 4.60. The Bertz CT molecular complexity index is 222. The van der Waals surface area contributed by atoms with Crippen LogP contribution in [0.25, 0.3) is 0 Å². The van der Waals surface area contributed by atoms with Crippen molar-refractivity contribution in [3.8, 4) is 6.19 Å². The molecule has 0 radical (unpaired) electrons. The highest BCUT2D eigenvalue weighted by Gasteiger charge is 2.26. The Morgan fingerprint density at radius 3 is 2.85 bits per heavy atom. The van der Waals surface area contributed by atoms with Crippen molar-refractivity contribution >= 4 is 5.97 Å². The number of nitriles is 1. The second-order valence-corrected chi connectivity index (χ2v) is 3.51. The first kappa shape index (κ1) is 9.85. The molecule has 1 aliphatic carbocycles. The molecule has 72 valence electrons. The fourth-order valence-electron chi connectivity index (χ4n) is 1.95. The molecule has 4 nitrogen and oxygen atoms in total. The van der Waals surface area contributed by atoms with Gasteiger partial charge in [-0.25, -0.2) is 0 Å². The van der Waals surface area contributed by atoms with E-state index in [2.05, 4.69) is 5.32 Å². The molecule has 0 amide bonds. The maximum atomic E-state index is 10.5. The molecule has 2 atom stereocenters. The quantitative estimate of drug-likeness (QED) is 0.506. The zero-order valence-corrected chi connectivity index (χ0v) is 7.49. The standard InChI is InChI=1S/C9H14N2O2/c10-6-11-8-4-2-1-3-7(8)5-9(12)13/h7-8,11H,1-5H2,(H,12,13). The predicted molar refractivity (Wildman–Crippen MR) is 46.7 cm³/mol. The molecule has 2 unspecified atom stereocenters. The van der Waals surface area contributed by atoms with Gasteiger partial charge in [-0.2, -0.15) is 5.26 Å². The van der Waals surface area contributed by atoms with E-state index in [4.69, 9.17) is 10.4 Å². The molecule has 4 heteroatoms. The van der Waals surface area contributed by atoms with Crippen molar-refractivity contribution in [2.24, 2.45) is 5.92 Å². The van der Waals surface area contributed by atoms with Crippen molar-refractivity contribution in [1.29, 1.82) is 5.26 Å². The lowest BCUT2D eigenvalue weighted by Gasteiger charge is -2.29. The molecule has 0 spiro atoms. The molecular weight excluding hydrogens is 168 g/mol. The minimum Gasteiger partial charge on any atom is -0.481 e. The van der Waals surface area contributed by atoms with Crippen molar-refractivity contribution in [2.75, 3.05) is 0 Å². The van der Waals surface area contributed by atoms with Gasteiger partial charge in [-0.3, -0.25) is 4.79 Å². The van der Waals surface area contributed by atoms with Crippen LogP contribution in [-0.4, -0.2) is 17.1 Å². The number of rotatable bonds is 3. The fraction of sp³-hybridized carbons (Fsp3) is 0.778. The van der Waals surface area contributed by atoms with Gasteiger partial charge in [0.15, 0.2) is 6.19 Å². The monoisotopic (exact) mass is 182 g/mol. The van der Waals surface area contributed by atoms with Gasteiger partial charge in [-0.15, -0.1) is 0 Å². The zero-order valence-electron chi connectivity index (χ0n) is 7.49. The van der Waals surface area contributed by atoms with Gasteiger partial charge in [0.1, 0.15) is 0 Å². The molecule has 1 fully saturated rings. The van der Waals surface area contributed by atoms with Gasteiger partial charge in [-0.1, -0.05) is 12.8 Å². The molecule has 0 saturated heterocycles. The summed E-state index contributed by atoms with van der Waals surface area (Å²) >= 11 is 0. The third kappa shape index (κ3) is 2.94. The number of carbonyl (C=O) groups is 1. The molecule has 1 rings (SSSR count). The second kappa shape index (κ2) is 4.70. The van der Waals surface area contributed by atoms with Crippen LogP contribution in [0.4, 0.5) is 0 Å². The van der Waals surface area contributed by atoms with Crippen molar-refractivity contribution in [1.82, 2.24) is 5.32 Å². The smallest absolute Gasteiger partial charge is 0.303 e. The second-order valence-electron chi connectivity index (χ2n) is 3.51. The summed E-state index contributed by atoms with van der Waals surface area (Å²) in [6.07, 6.45) is 6.10. The van der Waals surface area contributed by atoms with Crippen molar-refractivity contribution in [2.45, 2.75) is 38.1 Å². The molecule has 0 aromatic carbocycles. The Morgan fingerprint density at radius 2 is 2.23 bits per heavy atom. The lowest BCUT2D eigenvalue weighted by Crippen LogP contribution is -2.36. The molecule has 0 bridgehead atoms. The zero-order chi connectivity index (χ0) is 9.68. The van der Waals surface area contributed by atoms with Crippen LogP contribution >= 0.6 is 0 Å². The van der Waals surface area contributed by atoms with E-state index in [1.165, 1.54) is 0 Å². The van der Waals surface area contributed by atoms with E-state index >= 15 is 0 Å². The third-order valence-electron chi connectivity index (χ3n) is 2.60. The maximum absolute atomic E-state index is 10.5. The van der Waals surface area contributed by atoms with Gasteiger partial charge in [0.2, 0.25) is 0 Å². The van der Waals surface area contributed by atoms with Crippen LogP contribution in [0.2, 0.25) is 0 Å². The van der Waals surface area contributed by atoms with Gasteiger partial charge in [0.25, 0.3) is 0 Å². The molecule has 0 aromatic heterocycles. The summed E-state index contributed by atoms with van der Waals surface area (Å²) in [7, 11) is 0. The topological polar surface area (TPSA) is 73.1 Å².